The molecule has 0 heterocycles. The molecule has 0 radical (unpaired) electrons. The molecule has 4 heteroatoms. The van der Waals surface area contributed by atoms with Crippen molar-refractivity contribution in [2.45, 2.75) is 20.3 Å². The monoisotopic (exact) mass is 186 g/mol. The van der Waals surface area contributed by atoms with Crippen LogP contribution in [-0.2, 0) is 17.4 Å². The van der Waals surface area contributed by atoms with Gasteiger partial charge in [-0.05, 0) is 12.3 Å². The minimum absolute atomic E-state index is 0. The van der Waals surface area contributed by atoms with Gasteiger partial charge < -0.3 is 29.6 Å². The van der Waals surface area contributed by atoms with E-state index in [-0.39, 0.29) is 33.9 Å². The summed E-state index contributed by atoms with van der Waals surface area (Å²) in [5.74, 6) is 0.661. The quantitative estimate of drug-likeness (QED) is 0.314. The van der Waals surface area contributed by atoms with Gasteiger partial charge in [-0.2, -0.15) is 0 Å². The van der Waals surface area contributed by atoms with Gasteiger partial charge in [-0.15, -0.1) is 0 Å². The Morgan fingerprint density at radius 1 is 1.60 bits per heavy atom. The first kappa shape index (κ1) is 13.7. The van der Waals surface area contributed by atoms with Gasteiger partial charge in [-0.1, -0.05) is 13.8 Å². The molecule has 0 rings (SSSR count). The van der Waals surface area contributed by atoms with E-state index in [0.29, 0.717) is 12.5 Å². The second-order valence-corrected chi connectivity index (χ2v) is 3.28. The van der Waals surface area contributed by atoms with Gasteiger partial charge in [-0.25, -0.2) is 0 Å². The smallest absolute Gasteiger partial charge is 0.514 e. The molecule has 0 unspecified atom stereocenters. The molecule has 0 amide bonds. The molecule has 0 atom stereocenters. The zero-order valence-electron chi connectivity index (χ0n) is 6.72. The molecule has 0 aromatic carbocycles. The predicted octanol–water partition coefficient (Wildman–Crippen LogP) is -1.12. The molecule has 0 saturated heterocycles. The van der Waals surface area contributed by atoms with E-state index < -0.39 is 0 Å². The van der Waals surface area contributed by atoms with Crippen molar-refractivity contribution >= 4 is 29.2 Å². The molecule has 1 nitrogen and oxygen atoms in total. The Morgan fingerprint density at radius 2 is 2.10 bits per heavy atom. The number of rotatable bonds is 3. The fourth-order valence-electron chi connectivity index (χ4n) is 0.378. The van der Waals surface area contributed by atoms with Crippen LogP contribution in [0.1, 0.15) is 20.3 Å². The van der Waals surface area contributed by atoms with Gasteiger partial charge in [0.1, 0.15) is 0 Å². The van der Waals surface area contributed by atoms with Crippen LogP contribution in [0.2, 0.25) is 0 Å². The Balaban J connectivity index is 0. The van der Waals surface area contributed by atoms with E-state index in [1.165, 1.54) is 0 Å². The van der Waals surface area contributed by atoms with Crippen molar-refractivity contribution in [3.8, 4) is 0 Å². The van der Waals surface area contributed by atoms with Gasteiger partial charge in [0.25, 0.3) is 0 Å². The molecule has 10 heavy (non-hydrogen) atoms. The summed E-state index contributed by atoms with van der Waals surface area (Å²) in [5.41, 5.74) is 0. The third-order valence-corrected chi connectivity index (χ3v) is 1.15. The molecular formula is C6H11NaOS2. The van der Waals surface area contributed by atoms with Gasteiger partial charge in [0, 0.05) is 4.38 Å². The summed E-state index contributed by atoms with van der Waals surface area (Å²) < 4.78 is 5.13. The number of hydrogen-bond donors (Lipinski definition) is 0. The van der Waals surface area contributed by atoms with E-state index >= 15 is 0 Å². The van der Waals surface area contributed by atoms with E-state index in [9.17, 15) is 0 Å². The molecule has 0 saturated carbocycles. The van der Waals surface area contributed by atoms with Gasteiger partial charge >= 0.3 is 29.6 Å². The zero-order chi connectivity index (χ0) is 7.28. The largest absolute Gasteiger partial charge is 1.00 e. The Labute approximate surface area is 95.6 Å². The first-order valence-electron chi connectivity index (χ1n) is 2.96. The molecule has 0 bridgehead atoms. The van der Waals surface area contributed by atoms with Crippen LogP contribution in [-0.4, -0.2) is 11.0 Å². The number of thiocarbonyl (C=S) groups is 1. The number of hydrogen-bond acceptors (Lipinski definition) is 3. The second-order valence-electron chi connectivity index (χ2n) is 2.28. The normalized spacial score (nSPS) is 8.70. The second kappa shape index (κ2) is 8.21. The van der Waals surface area contributed by atoms with Crippen LogP contribution in [0.3, 0.4) is 0 Å². The Bertz CT molecular complexity index is 95.7. The molecule has 0 fully saturated rings. The fraction of sp³-hybridized carbons (Fsp3) is 0.833. The third-order valence-electron chi connectivity index (χ3n) is 0.915. The van der Waals surface area contributed by atoms with Gasteiger partial charge in [0.15, 0.2) is 0 Å². The van der Waals surface area contributed by atoms with Crippen LogP contribution in [0, 0.1) is 5.92 Å². The van der Waals surface area contributed by atoms with Crippen molar-refractivity contribution in [1.82, 2.24) is 0 Å². The summed E-state index contributed by atoms with van der Waals surface area (Å²) in [6, 6.07) is 0. The van der Waals surface area contributed by atoms with Crippen molar-refractivity contribution in [1.29, 1.82) is 0 Å². The van der Waals surface area contributed by atoms with Gasteiger partial charge in [0.2, 0.25) is 0 Å². The van der Waals surface area contributed by atoms with E-state index in [0.717, 1.165) is 6.42 Å². The number of ether oxygens (including phenoxy) is 1. The third kappa shape index (κ3) is 11.9. The molecule has 0 aromatic heterocycles. The average Bonchev–Trinajstić information content (AvgIpc) is 1.63. The molecule has 0 spiro atoms. The molecule has 0 aliphatic carbocycles. The Kier molecular flexibility index (Phi) is 11.2. The minimum Gasteiger partial charge on any atom is -0.514 e. The summed E-state index contributed by atoms with van der Waals surface area (Å²) >= 11 is 9.08. The van der Waals surface area contributed by atoms with E-state index in [1.807, 2.05) is 0 Å². The zero-order valence-corrected chi connectivity index (χ0v) is 10.3. The topological polar surface area (TPSA) is 9.23 Å². The maximum absolute atomic E-state index is 4.90. The van der Waals surface area contributed by atoms with Crippen molar-refractivity contribution in [2.75, 3.05) is 6.61 Å². The summed E-state index contributed by atoms with van der Waals surface area (Å²) in [5, 5.41) is 0. The minimum atomic E-state index is 0. The molecule has 0 N–H and O–H groups in total. The average molecular weight is 186 g/mol. The van der Waals surface area contributed by atoms with Crippen LogP contribution >= 0.6 is 12.2 Å². The molecule has 0 aliphatic rings. The predicted molar refractivity (Wildman–Crippen MR) is 45.4 cm³/mol. The van der Waals surface area contributed by atoms with Crippen molar-refractivity contribution in [2.24, 2.45) is 5.92 Å². The van der Waals surface area contributed by atoms with Crippen LogP contribution in [0.25, 0.3) is 0 Å². The van der Waals surface area contributed by atoms with Crippen LogP contribution < -0.4 is 29.6 Å². The van der Waals surface area contributed by atoms with Gasteiger partial charge in [-0.3, -0.25) is 0 Å². The first-order chi connectivity index (χ1) is 4.13. The maximum Gasteiger partial charge on any atom is 1.00 e. The van der Waals surface area contributed by atoms with Crippen molar-refractivity contribution in [3.05, 3.63) is 0 Å². The van der Waals surface area contributed by atoms with Crippen LogP contribution in [0.15, 0.2) is 0 Å². The van der Waals surface area contributed by atoms with E-state index in [1.54, 1.807) is 0 Å². The first-order valence-corrected chi connectivity index (χ1v) is 3.78. The SMILES string of the molecule is CC(C)CCOC(=S)[S-].[Na+]. The van der Waals surface area contributed by atoms with Crippen molar-refractivity contribution in [3.63, 3.8) is 0 Å². The fourth-order valence-corrected chi connectivity index (χ4v) is 0.545. The van der Waals surface area contributed by atoms with Crippen molar-refractivity contribution < 1.29 is 34.3 Å². The van der Waals surface area contributed by atoms with Crippen LogP contribution in [0.5, 0.6) is 0 Å². The van der Waals surface area contributed by atoms with E-state index in [2.05, 4.69) is 38.7 Å². The summed E-state index contributed by atoms with van der Waals surface area (Å²) in [4.78, 5) is 0. The summed E-state index contributed by atoms with van der Waals surface area (Å²) in [6.45, 7) is 4.94. The summed E-state index contributed by atoms with van der Waals surface area (Å²) in [6.07, 6.45) is 1.02. The Hall–Kier alpha value is 1.11. The molecular weight excluding hydrogens is 175 g/mol. The van der Waals surface area contributed by atoms with Crippen LogP contribution in [0.4, 0.5) is 0 Å². The standard InChI is InChI=1S/C6H12OS2.Na/c1-5(2)3-4-7-6(8)9;/h5H,3-4H2,1-2H3,(H,8,9);/q;+1/p-1. The van der Waals surface area contributed by atoms with E-state index in [4.69, 9.17) is 4.74 Å². The molecule has 0 aliphatic heterocycles. The molecule has 54 valence electrons. The maximum atomic E-state index is 4.90. The van der Waals surface area contributed by atoms with Gasteiger partial charge in [0.05, 0.1) is 6.61 Å². The molecule has 0 aromatic rings. The summed E-state index contributed by atoms with van der Waals surface area (Å²) in [7, 11) is 0. The Morgan fingerprint density at radius 3 is 2.40 bits per heavy atom.